The maximum Gasteiger partial charge on any atom is 0.481 e. The molecule has 31 heteroatoms. The molecule has 1 aliphatic rings. The Morgan fingerprint density at radius 1 is 1.08 bits per heavy atom. The topological polar surface area (TPSA) is 405 Å². The number of phosphoric ester groups is 3. The van der Waals surface area contributed by atoms with Crippen LogP contribution in [0.2, 0.25) is 0 Å². The maximum absolute atomic E-state index is 13.7. The van der Waals surface area contributed by atoms with Crippen molar-refractivity contribution in [3.63, 3.8) is 0 Å². The summed E-state index contributed by atoms with van der Waals surface area (Å²) >= 11 is 0.899. The highest BCUT2D eigenvalue weighted by atomic mass is 32.2. The normalized spacial score (nSPS) is 21.2. The van der Waals surface area contributed by atoms with Crippen molar-refractivity contribution in [2.24, 2.45) is 11.1 Å². The molecule has 4 aromatic rings. The molecule has 0 radical (unpaired) electrons. The van der Waals surface area contributed by atoms with Crippen molar-refractivity contribution in [2.75, 3.05) is 37.8 Å². The van der Waals surface area contributed by atoms with Crippen molar-refractivity contribution in [3.05, 3.63) is 48.4 Å². The van der Waals surface area contributed by atoms with E-state index in [1.807, 2.05) is 0 Å². The van der Waals surface area contributed by atoms with Gasteiger partial charge in [0.05, 0.1) is 25.6 Å². The average molecular weight is 972 g/mol. The van der Waals surface area contributed by atoms with E-state index in [-0.39, 0.29) is 53.8 Å². The summed E-state index contributed by atoms with van der Waals surface area (Å²) in [5.74, 6) is -1.82. The number of phosphoric acid groups is 3. The number of aromatic nitrogens is 5. The zero-order valence-corrected chi connectivity index (χ0v) is 36.6. The van der Waals surface area contributed by atoms with Crippen LogP contribution in [-0.4, -0.2) is 134 Å². The number of hydrogen-bond donors (Lipinski definition) is 11. The average Bonchev–Trinajstić information content (AvgIpc) is 3.89. The summed E-state index contributed by atoms with van der Waals surface area (Å²) in [4.78, 5) is 91.5. The quantitative estimate of drug-likeness (QED) is 0.0360. The third-order valence-electron chi connectivity index (χ3n) is 9.22. The Labute approximate surface area is 360 Å². The summed E-state index contributed by atoms with van der Waals surface area (Å²) in [5, 5.41) is 26.7. The third kappa shape index (κ3) is 13.6. The highest BCUT2D eigenvalue weighted by Gasteiger charge is 2.50. The van der Waals surface area contributed by atoms with Crippen molar-refractivity contribution in [1.82, 2.24) is 35.1 Å². The number of imidazole rings is 1. The number of benzene rings is 1. The number of halogens is 1. The number of fused-ring (bicyclic) bond motifs is 2. The third-order valence-corrected chi connectivity index (χ3v) is 13.3. The molecule has 1 fully saturated rings. The largest absolute Gasteiger partial charge is 0.481 e. The molecule has 0 spiro atoms. The lowest BCUT2D eigenvalue weighted by atomic mass is 9.87. The second-order valence-electron chi connectivity index (χ2n) is 14.6. The zero-order valence-electron chi connectivity index (χ0n) is 33.1. The first-order valence-electron chi connectivity index (χ1n) is 18.4. The minimum Gasteiger partial charge on any atom is -0.386 e. The summed E-state index contributed by atoms with van der Waals surface area (Å²) in [6.07, 6.45) is -5.28. The van der Waals surface area contributed by atoms with Crippen molar-refractivity contribution >= 4 is 80.0 Å². The standard InChI is InChI=1S/C32H45FN9O17P3S/c1-32(2,26(45)29(46)37-6-5-22(43)36-7-8-63-31(47)19(34)9-16-11-38-20-4-3-17(33)10-18(16)20)13-56-62(53,54)59-61(51,52)55-12-21-25(58-60(48,49)50)24(44)30(57-21)42-15-41-23-27(35)39-14-40-28(23)42/h3-4,10-11,14-15,19,21,24-26,30,38,44-45H,5-9,12-13,34H2,1-2H3,(H,36,43)(H,37,46)(H,51,52)(H,53,54)(H2,35,39,40)(H2,48,49,50)/t19-,21?,24?,25?,26?,30?/m0/s1. The van der Waals surface area contributed by atoms with E-state index in [4.69, 9.17) is 25.3 Å². The van der Waals surface area contributed by atoms with Crippen molar-refractivity contribution in [3.8, 4) is 0 Å². The molecule has 1 aliphatic heterocycles. The second kappa shape index (κ2) is 20.6. The molecule has 3 aromatic heterocycles. The van der Waals surface area contributed by atoms with Crippen LogP contribution in [0.5, 0.6) is 0 Å². The molecule has 348 valence electrons. The highest BCUT2D eigenvalue weighted by Crippen LogP contribution is 2.61. The van der Waals surface area contributed by atoms with Gasteiger partial charge in [0.1, 0.15) is 42.1 Å². The fraction of sp³-hybridized carbons (Fsp3) is 0.500. The van der Waals surface area contributed by atoms with Gasteiger partial charge in [0, 0.05) is 47.8 Å². The Kier molecular flexibility index (Phi) is 16.4. The number of thioether (sulfide) groups is 1. The molecule has 8 atom stereocenters. The van der Waals surface area contributed by atoms with Gasteiger partial charge in [-0.2, -0.15) is 4.31 Å². The zero-order chi connectivity index (χ0) is 46.5. The van der Waals surface area contributed by atoms with Crippen LogP contribution in [0.1, 0.15) is 32.1 Å². The summed E-state index contributed by atoms with van der Waals surface area (Å²) in [7, 11) is -16.5. The minimum atomic E-state index is -5.60. The number of aliphatic hydroxyl groups is 2. The van der Waals surface area contributed by atoms with Gasteiger partial charge >= 0.3 is 23.5 Å². The van der Waals surface area contributed by atoms with Gasteiger partial charge in [-0.05, 0) is 30.2 Å². The number of aromatic amines is 1. The van der Waals surface area contributed by atoms with E-state index < -0.39 is 96.4 Å². The molecule has 7 unspecified atom stereocenters. The van der Waals surface area contributed by atoms with Gasteiger partial charge in [0.15, 0.2) is 17.7 Å². The van der Waals surface area contributed by atoms with Crippen LogP contribution in [-0.2, 0) is 57.1 Å². The van der Waals surface area contributed by atoms with Gasteiger partial charge in [-0.25, -0.2) is 33.0 Å². The number of ether oxygens (including phenoxy) is 1. The SMILES string of the molecule is CC(C)(COP(=O)(O)OP(=O)(O)OCC1OC(n2cnc3c(N)ncnc32)C(O)C1OP(=O)(O)O)C(O)C(=O)NCCC(=O)NCCSC(=O)[C@@H](N)Cc1c[nH]c2ccc(F)cc12. The smallest absolute Gasteiger partial charge is 0.386 e. The molecule has 4 heterocycles. The number of hydrogen-bond acceptors (Lipinski definition) is 19. The number of rotatable bonds is 22. The highest BCUT2D eigenvalue weighted by molar-refractivity contribution is 8.13. The number of carbonyl (C=O) groups excluding carboxylic acids is 3. The fourth-order valence-electron chi connectivity index (χ4n) is 6.03. The molecule has 0 aliphatic carbocycles. The molecule has 5 rings (SSSR count). The first kappa shape index (κ1) is 50.2. The summed E-state index contributed by atoms with van der Waals surface area (Å²) < 4.78 is 75.9. The first-order chi connectivity index (χ1) is 29.4. The maximum atomic E-state index is 13.7. The van der Waals surface area contributed by atoms with E-state index in [0.717, 1.165) is 29.0 Å². The second-order valence-corrected chi connectivity index (χ2v) is 19.9. The Balaban J connectivity index is 1.02. The van der Waals surface area contributed by atoms with Gasteiger partial charge in [-0.15, -0.1) is 0 Å². The number of aliphatic hydroxyl groups excluding tert-OH is 2. The molecule has 0 bridgehead atoms. The molecule has 0 saturated carbocycles. The summed E-state index contributed by atoms with van der Waals surface area (Å²) in [6.45, 7) is 0.223. The number of H-pyrrole nitrogens is 1. The summed E-state index contributed by atoms with van der Waals surface area (Å²) in [6, 6.07) is 3.35. The lowest BCUT2D eigenvalue weighted by molar-refractivity contribution is -0.137. The van der Waals surface area contributed by atoms with E-state index >= 15 is 0 Å². The molecule has 26 nitrogen and oxygen atoms in total. The molecule has 1 saturated heterocycles. The lowest BCUT2D eigenvalue weighted by Gasteiger charge is -2.30. The van der Waals surface area contributed by atoms with Crippen LogP contribution in [0.25, 0.3) is 22.1 Å². The van der Waals surface area contributed by atoms with Gasteiger partial charge in [0.2, 0.25) is 16.9 Å². The predicted octanol–water partition coefficient (Wildman–Crippen LogP) is -0.145. The Bertz CT molecular complexity index is 2440. The van der Waals surface area contributed by atoms with Gasteiger partial charge in [0.25, 0.3) is 0 Å². The van der Waals surface area contributed by atoms with Crippen LogP contribution in [0, 0.1) is 11.2 Å². The van der Waals surface area contributed by atoms with E-state index in [0.29, 0.717) is 16.5 Å². The van der Waals surface area contributed by atoms with Crippen molar-refractivity contribution < 1.29 is 84.9 Å². The van der Waals surface area contributed by atoms with E-state index in [9.17, 15) is 62.3 Å². The molecule has 2 amide bonds. The van der Waals surface area contributed by atoms with E-state index in [1.165, 1.54) is 26.0 Å². The van der Waals surface area contributed by atoms with Gasteiger partial charge < -0.3 is 61.6 Å². The van der Waals surface area contributed by atoms with Gasteiger partial charge in [-0.1, -0.05) is 25.6 Å². The number of nitrogens with one attached hydrogen (secondary N) is 3. The number of anilines is 1. The fourth-order valence-corrected chi connectivity index (χ4v) is 9.56. The molecule has 13 N–H and O–H groups in total. The molecular weight excluding hydrogens is 926 g/mol. The number of amides is 2. The van der Waals surface area contributed by atoms with Crippen LogP contribution in [0.3, 0.4) is 0 Å². The lowest BCUT2D eigenvalue weighted by Crippen LogP contribution is -2.46. The minimum absolute atomic E-state index is 0.0197. The Morgan fingerprint density at radius 3 is 2.51 bits per heavy atom. The van der Waals surface area contributed by atoms with Crippen LogP contribution in [0.4, 0.5) is 10.2 Å². The Hall–Kier alpha value is -3.79. The monoisotopic (exact) mass is 971 g/mol. The predicted molar refractivity (Wildman–Crippen MR) is 217 cm³/mol. The molecule has 1 aromatic carbocycles. The van der Waals surface area contributed by atoms with E-state index in [1.54, 1.807) is 12.3 Å². The first-order valence-corrected chi connectivity index (χ1v) is 23.9. The molecular formula is C32H45FN9O17P3S. The van der Waals surface area contributed by atoms with Gasteiger partial charge in [-0.3, -0.25) is 32.5 Å². The van der Waals surface area contributed by atoms with Crippen molar-refractivity contribution in [1.29, 1.82) is 0 Å². The van der Waals surface area contributed by atoms with Crippen LogP contribution in [0.15, 0.2) is 37.1 Å². The summed E-state index contributed by atoms with van der Waals surface area (Å²) in [5.41, 5.74) is 11.6. The number of nitrogens with zero attached hydrogens (tertiary/aromatic N) is 4. The van der Waals surface area contributed by atoms with Crippen molar-refractivity contribution in [2.45, 2.75) is 63.4 Å². The number of nitrogens with two attached hydrogens (primary N) is 2. The molecule has 63 heavy (non-hydrogen) atoms. The number of nitrogen functional groups attached to an aromatic ring is 1. The van der Waals surface area contributed by atoms with E-state index in [2.05, 4.69) is 39.4 Å². The van der Waals surface area contributed by atoms with Crippen LogP contribution >= 0.6 is 35.2 Å². The van der Waals surface area contributed by atoms with Crippen LogP contribution < -0.4 is 22.1 Å². The Morgan fingerprint density at radius 2 is 1.79 bits per heavy atom. The number of carbonyl (C=O) groups is 3.